The second-order valence-corrected chi connectivity index (χ2v) is 5.33. The fourth-order valence-corrected chi connectivity index (χ4v) is 2.95. The molecule has 18 heavy (non-hydrogen) atoms. The van der Waals surface area contributed by atoms with Gasteiger partial charge in [-0.05, 0) is 24.5 Å². The molecule has 0 radical (unpaired) electrons. The van der Waals surface area contributed by atoms with E-state index in [1.54, 1.807) is 0 Å². The number of piperidine rings is 1. The van der Waals surface area contributed by atoms with E-state index in [0.717, 1.165) is 6.42 Å². The van der Waals surface area contributed by atoms with Gasteiger partial charge in [-0.25, -0.2) is 0 Å². The van der Waals surface area contributed by atoms with E-state index in [4.69, 9.17) is 0 Å². The minimum absolute atomic E-state index is 0.425. The molecule has 3 unspecified atom stereocenters. The minimum Gasteiger partial charge on any atom is -0.307 e. The molecule has 0 saturated carbocycles. The summed E-state index contributed by atoms with van der Waals surface area (Å²) >= 11 is 0. The first-order valence-corrected chi connectivity index (χ1v) is 6.63. The normalized spacial score (nSPS) is 30.8. The summed E-state index contributed by atoms with van der Waals surface area (Å²) in [6.07, 6.45) is 7.96. The fraction of sp³-hybridized carbons (Fsp3) is 0.294. The van der Waals surface area contributed by atoms with Crippen molar-refractivity contribution in [2.45, 2.75) is 25.4 Å². The van der Waals surface area contributed by atoms with Crippen LogP contribution in [-0.2, 0) is 0 Å². The highest BCUT2D eigenvalue weighted by atomic mass is 15.0. The highest BCUT2D eigenvalue weighted by Crippen LogP contribution is 2.33. The standard InChI is InChI=1S/C17H19N/c1-12-10-13(2)18-17-9-8-15(11-16(12)17)14-6-4-3-5-7-14/h3-9,11,13,16-18H,1,10H2,2H3. The van der Waals surface area contributed by atoms with Crippen LogP contribution < -0.4 is 5.32 Å². The molecule has 2 aliphatic rings. The molecule has 1 heterocycles. The Morgan fingerprint density at radius 2 is 2.00 bits per heavy atom. The van der Waals surface area contributed by atoms with Gasteiger partial charge in [0.15, 0.2) is 0 Å². The summed E-state index contributed by atoms with van der Waals surface area (Å²) in [5.41, 5.74) is 3.96. The van der Waals surface area contributed by atoms with Crippen LogP contribution in [0.4, 0.5) is 0 Å². The Morgan fingerprint density at radius 1 is 1.22 bits per heavy atom. The van der Waals surface area contributed by atoms with Gasteiger partial charge in [-0.2, -0.15) is 0 Å². The van der Waals surface area contributed by atoms with E-state index in [-0.39, 0.29) is 0 Å². The van der Waals surface area contributed by atoms with Gasteiger partial charge in [0.25, 0.3) is 0 Å². The average Bonchev–Trinajstić information content (AvgIpc) is 2.39. The van der Waals surface area contributed by atoms with Crippen LogP contribution in [0.3, 0.4) is 0 Å². The van der Waals surface area contributed by atoms with E-state index in [1.807, 2.05) is 0 Å². The van der Waals surface area contributed by atoms with E-state index >= 15 is 0 Å². The Hall–Kier alpha value is -1.60. The molecule has 1 aliphatic heterocycles. The predicted molar refractivity (Wildman–Crippen MR) is 77.2 cm³/mol. The Kier molecular flexibility index (Phi) is 2.92. The summed E-state index contributed by atoms with van der Waals surface area (Å²) < 4.78 is 0. The number of hydrogen-bond acceptors (Lipinski definition) is 1. The number of hydrogen-bond donors (Lipinski definition) is 1. The smallest absolute Gasteiger partial charge is 0.0356 e. The highest BCUT2D eigenvalue weighted by molar-refractivity contribution is 5.76. The van der Waals surface area contributed by atoms with Crippen molar-refractivity contribution >= 4 is 5.57 Å². The Labute approximate surface area is 109 Å². The maximum absolute atomic E-state index is 4.26. The van der Waals surface area contributed by atoms with E-state index in [9.17, 15) is 0 Å². The lowest BCUT2D eigenvalue weighted by atomic mass is 9.79. The third-order valence-electron chi connectivity index (χ3n) is 3.85. The first-order valence-electron chi connectivity index (χ1n) is 6.63. The third-order valence-corrected chi connectivity index (χ3v) is 3.85. The topological polar surface area (TPSA) is 12.0 Å². The summed E-state index contributed by atoms with van der Waals surface area (Å²) in [6.45, 7) is 6.49. The third kappa shape index (κ3) is 2.06. The van der Waals surface area contributed by atoms with Crippen molar-refractivity contribution in [3.8, 4) is 0 Å². The Morgan fingerprint density at radius 3 is 2.78 bits per heavy atom. The van der Waals surface area contributed by atoms with Crippen LogP contribution in [0, 0.1) is 5.92 Å². The lowest BCUT2D eigenvalue weighted by Crippen LogP contribution is -2.46. The average molecular weight is 237 g/mol. The summed E-state index contributed by atoms with van der Waals surface area (Å²) in [5, 5.41) is 3.63. The van der Waals surface area contributed by atoms with Crippen molar-refractivity contribution in [2.24, 2.45) is 5.92 Å². The largest absolute Gasteiger partial charge is 0.307 e. The summed E-state index contributed by atoms with van der Waals surface area (Å²) in [6, 6.07) is 11.5. The molecule has 0 bridgehead atoms. The van der Waals surface area contributed by atoms with Crippen LogP contribution in [0.15, 0.2) is 60.7 Å². The van der Waals surface area contributed by atoms with Gasteiger partial charge in [0.2, 0.25) is 0 Å². The van der Waals surface area contributed by atoms with Gasteiger partial charge in [0.1, 0.15) is 0 Å². The van der Waals surface area contributed by atoms with Crippen molar-refractivity contribution in [3.05, 3.63) is 66.3 Å². The lowest BCUT2D eigenvalue weighted by Gasteiger charge is -2.37. The van der Waals surface area contributed by atoms with E-state index in [2.05, 4.69) is 67.4 Å². The number of benzene rings is 1. The monoisotopic (exact) mass is 237 g/mol. The van der Waals surface area contributed by atoms with Crippen molar-refractivity contribution < 1.29 is 0 Å². The summed E-state index contributed by atoms with van der Waals surface area (Å²) in [4.78, 5) is 0. The number of fused-ring (bicyclic) bond motifs is 1. The Balaban J connectivity index is 1.91. The zero-order chi connectivity index (χ0) is 12.5. The zero-order valence-electron chi connectivity index (χ0n) is 10.8. The van der Waals surface area contributed by atoms with Crippen LogP contribution in [0.2, 0.25) is 0 Å². The molecule has 0 aromatic heterocycles. The molecule has 3 atom stereocenters. The number of rotatable bonds is 1. The molecule has 1 N–H and O–H groups in total. The van der Waals surface area contributed by atoms with Crippen LogP contribution in [0.1, 0.15) is 18.9 Å². The van der Waals surface area contributed by atoms with Crippen LogP contribution in [0.5, 0.6) is 0 Å². The molecule has 0 spiro atoms. The molecule has 1 nitrogen and oxygen atoms in total. The first-order chi connectivity index (χ1) is 8.74. The van der Waals surface area contributed by atoms with Crippen LogP contribution in [-0.4, -0.2) is 12.1 Å². The minimum atomic E-state index is 0.425. The van der Waals surface area contributed by atoms with Gasteiger partial charge in [0.05, 0.1) is 0 Å². The quantitative estimate of drug-likeness (QED) is 0.736. The predicted octanol–water partition coefficient (Wildman–Crippen LogP) is 3.56. The molecular weight excluding hydrogens is 218 g/mol. The van der Waals surface area contributed by atoms with Crippen molar-refractivity contribution in [1.82, 2.24) is 5.32 Å². The van der Waals surface area contributed by atoms with E-state index < -0.39 is 0 Å². The molecule has 1 heteroatoms. The second kappa shape index (κ2) is 4.58. The fourth-order valence-electron chi connectivity index (χ4n) is 2.95. The van der Waals surface area contributed by atoms with Crippen molar-refractivity contribution in [3.63, 3.8) is 0 Å². The first kappa shape index (κ1) is 11.5. The summed E-state index contributed by atoms with van der Waals surface area (Å²) in [7, 11) is 0. The van der Waals surface area contributed by atoms with Gasteiger partial charge >= 0.3 is 0 Å². The molecule has 3 rings (SSSR count). The van der Waals surface area contributed by atoms with Gasteiger partial charge in [-0.3, -0.25) is 0 Å². The van der Waals surface area contributed by atoms with Crippen LogP contribution in [0.25, 0.3) is 5.57 Å². The Bertz CT molecular complexity index is 510. The van der Waals surface area contributed by atoms with Gasteiger partial charge in [-0.15, -0.1) is 0 Å². The number of nitrogens with one attached hydrogen (secondary N) is 1. The van der Waals surface area contributed by atoms with E-state index in [1.165, 1.54) is 16.7 Å². The lowest BCUT2D eigenvalue weighted by molar-refractivity contribution is 0.385. The molecule has 1 fully saturated rings. The van der Waals surface area contributed by atoms with Gasteiger partial charge in [0, 0.05) is 18.0 Å². The molecule has 0 amide bonds. The zero-order valence-corrected chi connectivity index (χ0v) is 10.8. The summed E-state index contributed by atoms with van der Waals surface area (Å²) in [5.74, 6) is 0.446. The van der Waals surface area contributed by atoms with Gasteiger partial charge < -0.3 is 5.32 Å². The maximum Gasteiger partial charge on any atom is 0.0356 e. The molecule has 92 valence electrons. The van der Waals surface area contributed by atoms with E-state index in [0.29, 0.717) is 18.0 Å². The van der Waals surface area contributed by atoms with Crippen molar-refractivity contribution in [2.75, 3.05) is 0 Å². The molecular formula is C17H19N. The maximum atomic E-state index is 4.26. The highest BCUT2D eigenvalue weighted by Gasteiger charge is 2.29. The molecule has 1 aromatic carbocycles. The SMILES string of the molecule is C=C1CC(C)NC2C=CC(c3ccccc3)=CC12. The second-order valence-electron chi connectivity index (χ2n) is 5.33. The molecule has 1 aliphatic carbocycles. The molecule has 1 aromatic rings. The number of allylic oxidation sites excluding steroid dienone is 2. The molecule has 1 saturated heterocycles. The van der Waals surface area contributed by atoms with Crippen LogP contribution >= 0.6 is 0 Å². The van der Waals surface area contributed by atoms with Crippen molar-refractivity contribution in [1.29, 1.82) is 0 Å². The van der Waals surface area contributed by atoms with Gasteiger partial charge in [-0.1, -0.05) is 60.7 Å².